The normalized spacial score (nSPS) is 8.31. The van der Waals surface area contributed by atoms with Crippen LogP contribution in [0.2, 0.25) is 0 Å². The molecule has 0 heterocycles. The fourth-order valence-electron chi connectivity index (χ4n) is 0.759. The van der Waals surface area contributed by atoms with Crippen LogP contribution >= 0.6 is 8.37 Å². The summed E-state index contributed by atoms with van der Waals surface area (Å²) in [5.74, 6) is 0. The van der Waals surface area contributed by atoms with Gasteiger partial charge in [0.1, 0.15) is 0 Å². The van der Waals surface area contributed by atoms with Gasteiger partial charge in [0.25, 0.3) is 0 Å². The third-order valence-electron chi connectivity index (χ3n) is 1.33. The summed E-state index contributed by atoms with van der Waals surface area (Å²) >= 11 is 0. The number of nitrogens with one attached hydrogen (secondary N) is 1. The van der Waals surface area contributed by atoms with Crippen molar-refractivity contribution >= 4 is 13.7 Å². The van der Waals surface area contributed by atoms with E-state index in [1.54, 1.807) is 0 Å². The largest absolute Gasteiger partial charge is 2.00 e. The Hall–Kier alpha value is -0.681. The molecule has 0 aromatic heterocycles. The summed E-state index contributed by atoms with van der Waals surface area (Å²) in [6, 6.07) is 17.8. The molecule has 68 valence electrons. The van der Waals surface area contributed by atoms with Gasteiger partial charge in [-0.1, -0.05) is 5.30 Å². The molecule has 2 aromatic rings. The monoisotopic (exact) mass is 231 g/mol. The molecule has 13 heavy (non-hydrogen) atoms. The molecule has 0 saturated carbocycles. The first-order chi connectivity index (χ1) is 5.93. The first-order valence-electron chi connectivity index (χ1n) is 3.69. The summed E-state index contributed by atoms with van der Waals surface area (Å²) in [6.45, 7) is 0. The van der Waals surface area contributed by atoms with Gasteiger partial charge in [-0.3, -0.25) is 5.16 Å². The average molecular weight is 231 g/mol. The third-order valence-corrected chi connectivity index (χ3v) is 1.89. The van der Waals surface area contributed by atoms with Gasteiger partial charge in [0, 0.05) is 0 Å². The van der Waals surface area contributed by atoms with Crippen LogP contribution in [0.25, 0.3) is 0 Å². The van der Waals surface area contributed by atoms with Crippen molar-refractivity contribution in [1.29, 1.82) is 5.16 Å². The smallest absolute Gasteiger partial charge is 0.292 e. The van der Waals surface area contributed by atoms with E-state index in [0.29, 0.717) is 8.37 Å². The Bertz CT molecular complexity index is 269. The summed E-state index contributed by atoms with van der Waals surface area (Å²) in [4.78, 5) is 0. The first-order valence-corrected chi connectivity index (χ1v) is 4.59. The number of hydrogen-bond donors (Lipinski definition) is 1. The molecule has 0 atom stereocenters. The Kier molecular flexibility index (Phi) is 7.53. The molecule has 0 aliphatic heterocycles. The van der Waals surface area contributed by atoms with Crippen molar-refractivity contribution in [2.75, 3.05) is 0 Å². The van der Waals surface area contributed by atoms with Crippen LogP contribution in [0.3, 0.4) is 0 Å². The van der Waals surface area contributed by atoms with E-state index in [-0.39, 0.29) is 17.1 Å². The molecule has 0 fully saturated rings. The molecular formula is C10H10FeNP. The van der Waals surface area contributed by atoms with Gasteiger partial charge >= 0.3 is 17.1 Å². The second-order valence-corrected chi connectivity index (χ2v) is 2.96. The van der Waals surface area contributed by atoms with Crippen molar-refractivity contribution in [3.63, 3.8) is 0 Å². The maximum atomic E-state index is 6.83. The molecule has 2 rings (SSSR count). The molecule has 0 bridgehead atoms. The molecule has 1 nitrogen and oxygen atoms in total. The summed E-state index contributed by atoms with van der Waals surface area (Å²) in [6.07, 6.45) is 0. The van der Waals surface area contributed by atoms with Crippen molar-refractivity contribution in [2.45, 2.75) is 0 Å². The molecule has 0 spiro atoms. The van der Waals surface area contributed by atoms with Crippen LogP contribution < -0.4 is 5.30 Å². The maximum absolute atomic E-state index is 6.83. The number of rotatable bonds is 1. The van der Waals surface area contributed by atoms with Crippen LogP contribution in [0.4, 0.5) is 0 Å². The molecule has 0 aliphatic rings. The van der Waals surface area contributed by atoms with Gasteiger partial charge in [-0.15, -0.1) is 0 Å². The minimum atomic E-state index is 0. The van der Waals surface area contributed by atoms with Gasteiger partial charge < -0.3 is 0 Å². The van der Waals surface area contributed by atoms with E-state index < -0.39 is 0 Å². The van der Waals surface area contributed by atoms with Crippen molar-refractivity contribution in [1.82, 2.24) is 0 Å². The Morgan fingerprint density at radius 1 is 1.00 bits per heavy atom. The molecule has 0 radical (unpaired) electrons. The van der Waals surface area contributed by atoms with Gasteiger partial charge in [-0.05, 0) is 8.37 Å². The topological polar surface area (TPSA) is 23.9 Å². The predicted molar refractivity (Wildman–Crippen MR) is 53.3 cm³/mol. The van der Waals surface area contributed by atoms with E-state index in [9.17, 15) is 0 Å². The van der Waals surface area contributed by atoms with Crippen LogP contribution in [0.5, 0.6) is 0 Å². The fraction of sp³-hybridized carbons (Fsp3) is 0. The van der Waals surface area contributed by atoms with Gasteiger partial charge in [0.15, 0.2) is 0 Å². The summed E-state index contributed by atoms with van der Waals surface area (Å²) in [5, 5.41) is 7.90. The molecule has 0 aliphatic carbocycles. The quantitative estimate of drug-likeness (QED) is 0.442. The van der Waals surface area contributed by atoms with Crippen LogP contribution in [0.15, 0.2) is 54.6 Å². The maximum Gasteiger partial charge on any atom is 2.00 e. The van der Waals surface area contributed by atoms with Crippen molar-refractivity contribution in [3.8, 4) is 0 Å². The van der Waals surface area contributed by atoms with Crippen LogP contribution in [-0.2, 0) is 17.1 Å². The van der Waals surface area contributed by atoms with Crippen molar-refractivity contribution in [3.05, 3.63) is 54.6 Å². The second kappa shape index (κ2) is 7.94. The molecule has 1 N–H and O–H groups in total. The number of hydrogen-bond acceptors (Lipinski definition) is 1. The summed E-state index contributed by atoms with van der Waals surface area (Å²) < 4.78 is 0. The SMILES string of the molecule is N=P[c-]1cccc1.[Fe+2].c1cc[cH-]c1. The Morgan fingerprint density at radius 2 is 1.54 bits per heavy atom. The molecule has 3 heteroatoms. The van der Waals surface area contributed by atoms with Gasteiger partial charge in [-0.25, -0.2) is 24.3 Å². The Balaban J connectivity index is 0.000000215. The average Bonchev–Trinajstić information content (AvgIpc) is 2.81. The standard InChI is InChI=1S/C5H5NP.C5H5.Fe/c6-7-5-3-1-2-4-5;1-2-4-5-3-1;/h1-4,6H;1-5H;/q2*-1;+2. The molecule has 0 unspecified atom stereocenters. The molecule has 2 aromatic carbocycles. The van der Waals surface area contributed by atoms with Gasteiger partial charge in [-0.2, -0.15) is 30.3 Å². The summed E-state index contributed by atoms with van der Waals surface area (Å²) in [7, 11) is 0.615. The van der Waals surface area contributed by atoms with E-state index in [1.807, 2.05) is 54.6 Å². The Morgan fingerprint density at radius 3 is 1.77 bits per heavy atom. The molecule has 0 amide bonds. The molecule has 0 saturated heterocycles. The van der Waals surface area contributed by atoms with E-state index in [2.05, 4.69) is 0 Å². The van der Waals surface area contributed by atoms with Gasteiger partial charge in [0.05, 0.1) is 0 Å². The van der Waals surface area contributed by atoms with Crippen LogP contribution in [-0.4, -0.2) is 0 Å². The minimum Gasteiger partial charge on any atom is -0.292 e. The second-order valence-electron chi connectivity index (χ2n) is 2.22. The van der Waals surface area contributed by atoms with E-state index >= 15 is 0 Å². The zero-order valence-corrected chi connectivity index (χ0v) is 9.00. The van der Waals surface area contributed by atoms with Crippen LogP contribution in [0.1, 0.15) is 0 Å². The fourth-order valence-corrected chi connectivity index (χ4v) is 1.08. The minimum absolute atomic E-state index is 0. The zero-order chi connectivity index (χ0) is 8.65. The Labute approximate surface area is 90.7 Å². The van der Waals surface area contributed by atoms with Crippen LogP contribution in [0, 0.1) is 5.16 Å². The summed E-state index contributed by atoms with van der Waals surface area (Å²) in [5.41, 5.74) is 0. The predicted octanol–water partition coefficient (Wildman–Crippen LogP) is 3.14. The van der Waals surface area contributed by atoms with Gasteiger partial charge in [0.2, 0.25) is 0 Å². The van der Waals surface area contributed by atoms with Crippen molar-refractivity contribution in [2.24, 2.45) is 0 Å². The third kappa shape index (κ3) is 5.54. The zero-order valence-electron chi connectivity index (χ0n) is 7.00. The first kappa shape index (κ1) is 12.3. The van der Waals surface area contributed by atoms with Crippen molar-refractivity contribution < 1.29 is 17.1 Å². The van der Waals surface area contributed by atoms with E-state index in [0.717, 1.165) is 5.30 Å². The van der Waals surface area contributed by atoms with E-state index in [4.69, 9.17) is 5.16 Å². The molecular weight excluding hydrogens is 221 g/mol. The van der Waals surface area contributed by atoms with E-state index in [1.165, 1.54) is 0 Å².